The van der Waals surface area contributed by atoms with Gasteiger partial charge >= 0.3 is 0 Å². The van der Waals surface area contributed by atoms with Crippen LogP contribution in [-0.2, 0) is 6.54 Å². The SMILES string of the molecule is CCN(CC1CCC1)c1cc(CNC2CC2)ccn1. The number of pyridine rings is 1. The van der Waals surface area contributed by atoms with E-state index in [-0.39, 0.29) is 0 Å². The first kappa shape index (κ1) is 12.9. The topological polar surface area (TPSA) is 28.2 Å². The van der Waals surface area contributed by atoms with Gasteiger partial charge < -0.3 is 10.2 Å². The van der Waals surface area contributed by atoms with Gasteiger partial charge in [-0.25, -0.2) is 4.98 Å². The Hall–Kier alpha value is -1.09. The van der Waals surface area contributed by atoms with Crippen LogP contribution in [0.25, 0.3) is 0 Å². The summed E-state index contributed by atoms with van der Waals surface area (Å²) in [6, 6.07) is 5.17. The lowest BCUT2D eigenvalue weighted by atomic mass is 9.85. The molecule has 104 valence electrons. The number of nitrogens with zero attached hydrogens (tertiary/aromatic N) is 2. The van der Waals surface area contributed by atoms with Gasteiger partial charge in [-0.05, 0) is 56.2 Å². The van der Waals surface area contributed by atoms with Crippen molar-refractivity contribution in [2.45, 2.75) is 51.6 Å². The summed E-state index contributed by atoms with van der Waals surface area (Å²) in [7, 11) is 0. The molecule has 1 N–H and O–H groups in total. The molecule has 0 atom stereocenters. The molecule has 1 aromatic rings. The van der Waals surface area contributed by atoms with Crippen molar-refractivity contribution in [2.75, 3.05) is 18.0 Å². The van der Waals surface area contributed by atoms with E-state index in [1.807, 2.05) is 6.20 Å². The van der Waals surface area contributed by atoms with Crippen molar-refractivity contribution in [1.82, 2.24) is 10.3 Å². The zero-order valence-electron chi connectivity index (χ0n) is 11.9. The molecule has 0 spiro atoms. The number of rotatable bonds is 7. The van der Waals surface area contributed by atoms with Gasteiger partial charge in [0.15, 0.2) is 0 Å². The van der Waals surface area contributed by atoms with Crippen molar-refractivity contribution >= 4 is 5.82 Å². The van der Waals surface area contributed by atoms with Gasteiger partial charge in [0.05, 0.1) is 0 Å². The highest BCUT2D eigenvalue weighted by Gasteiger charge is 2.22. The number of hydrogen-bond donors (Lipinski definition) is 1. The summed E-state index contributed by atoms with van der Waals surface area (Å²) in [5.74, 6) is 2.06. The zero-order chi connectivity index (χ0) is 13.1. The van der Waals surface area contributed by atoms with Crippen LogP contribution in [0.2, 0.25) is 0 Å². The molecule has 0 amide bonds. The fourth-order valence-electron chi connectivity index (χ4n) is 2.66. The van der Waals surface area contributed by atoms with E-state index in [0.29, 0.717) is 0 Å². The molecule has 0 aromatic carbocycles. The molecule has 0 unspecified atom stereocenters. The largest absolute Gasteiger partial charge is 0.357 e. The van der Waals surface area contributed by atoms with E-state index in [4.69, 9.17) is 0 Å². The number of hydrogen-bond acceptors (Lipinski definition) is 3. The third-order valence-corrected chi connectivity index (χ3v) is 4.39. The lowest BCUT2D eigenvalue weighted by Crippen LogP contribution is -2.33. The van der Waals surface area contributed by atoms with Crippen LogP contribution in [0.3, 0.4) is 0 Å². The number of anilines is 1. The Morgan fingerprint density at radius 1 is 1.32 bits per heavy atom. The van der Waals surface area contributed by atoms with E-state index in [2.05, 4.69) is 34.3 Å². The molecule has 0 aliphatic heterocycles. The normalized spacial score (nSPS) is 19.2. The maximum Gasteiger partial charge on any atom is 0.128 e. The molecule has 1 heterocycles. The van der Waals surface area contributed by atoms with Crippen molar-refractivity contribution in [2.24, 2.45) is 5.92 Å². The van der Waals surface area contributed by atoms with Gasteiger partial charge in [-0.3, -0.25) is 0 Å². The van der Waals surface area contributed by atoms with Gasteiger partial charge in [0, 0.05) is 31.9 Å². The molecule has 2 saturated carbocycles. The maximum atomic E-state index is 4.56. The third-order valence-electron chi connectivity index (χ3n) is 4.39. The summed E-state index contributed by atoms with van der Waals surface area (Å²) in [6.07, 6.45) is 8.88. The molecular formula is C16H25N3. The van der Waals surface area contributed by atoms with Crippen molar-refractivity contribution in [3.05, 3.63) is 23.9 Å². The quantitative estimate of drug-likeness (QED) is 0.816. The maximum absolute atomic E-state index is 4.56. The summed E-state index contributed by atoms with van der Waals surface area (Å²) in [5.41, 5.74) is 1.36. The first-order valence-electron chi connectivity index (χ1n) is 7.78. The van der Waals surface area contributed by atoms with E-state index in [1.165, 1.54) is 44.2 Å². The summed E-state index contributed by atoms with van der Waals surface area (Å²) < 4.78 is 0. The Labute approximate surface area is 116 Å². The molecule has 3 heteroatoms. The molecule has 2 fully saturated rings. The molecule has 0 radical (unpaired) electrons. The van der Waals surface area contributed by atoms with Gasteiger partial charge in [-0.1, -0.05) is 6.42 Å². The number of aromatic nitrogens is 1. The van der Waals surface area contributed by atoms with Crippen molar-refractivity contribution in [3.8, 4) is 0 Å². The van der Waals surface area contributed by atoms with Gasteiger partial charge in [-0.2, -0.15) is 0 Å². The Balaban J connectivity index is 1.61. The Bertz CT molecular complexity index is 410. The molecule has 2 aliphatic carbocycles. The van der Waals surface area contributed by atoms with Gasteiger partial charge in [0.1, 0.15) is 5.82 Å². The van der Waals surface area contributed by atoms with E-state index in [9.17, 15) is 0 Å². The molecule has 2 aliphatic rings. The molecule has 3 rings (SSSR count). The lowest BCUT2D eigenvalue weighted by Gasteiger charge is -2.32. The molecule has 19 heavy (non-hydrogen) atoms. The van der Waals surface area contributed by atoms with Crippen LogP contribution in [0.5, 0.6) is 0 Å². The van der Waals surface area contributed by atoms with Crippen LogP contribution in [0.15, 0.2) is 18.3 Å². The van der Waals surface area contributed by atoms with Crippen LogP contribution in [-0.4, -0.2) is 24.1 Å². The Kier molecular flexibility index (Phi) is 4.02. The number of nitrogens with one attached hydrogen (secondary N) is 1. The van der Waals surface area contributed by atoms with Crippen LogP contribution in [0.4, 0.5) is 5.82 Å². The fraction of sp³-hybridized carbons (Fsp3) is 0.688. The highest BCUT2D eigenvalue weighted by atomic mass is 15.2. The van der Waals surface area contributed by atoms with E-state index >= 15 is 0 Å². The van der Waals surface area contributed by atoms with Crippen LogP contribution >= 0.6 is 0 Å². The smallest absolute Gasteiger partial charge is 0.128 e. The Morgan fingerprint density at radius 3 is 2.79 bits per heavy atom. The van der Waals surface area contributed by atoms with Crippen molar-refractivity contribution in [3.63, 3.8) is 0 Å². The van der Waals surface area contributed by atoms with Crippen LogP contribution in [0.1, 0.15) is 44.6 Å². The van der Waals surface area contributed by atoms with Crippen LogP contribution < -0.4 is 10.2 Å². The molecular weight excluding hydrogens is 234 g/mol. The van der Waals surface area contributed by atoms with E-state index in [1.54, 1.807) is 0 Å². The molecule has 0 saturated heterocycles. The third kappa shape index (κ3) is 3.47. The molecule has 0 bridgehead atoms. The predicted molar refractivity (Wildman–Crippen MR) is 79.3 cm³/mol. The first-order valence-corrected chi connectivity index (χ1v) is 7.78. The lowest BCUT2D eigenvalue weighted by molar-refractivity contribution is 0.318. The Morgan fingerprint density at radius 2 is 2.16 bits per heavy atom. The van der Waals surface area contributed by atoms with Crippen molar-refractivity contribution < 1.29 is 0 Å². The van der Waals surface area contributed by atoms with Crippen molar-refractivity contribution in [1.29, 1.82) is 0 Å². The summed E-state index contributed by atoms with van der Waals surface area (Å²) in [6.45, 7) is 5.46. The first-order chi connectivity index (χ1) is 9.35. The minimum Gasteiger partial charge on any atom is -0.357 e. The monoisotopic (exact) mass is 259 g/mol. The van der Waals surface area contributed by atoms with Crippen LogP contribution in [0, 0.1) is 5.92 Å². The average molecular weight is 259 g/mol. The van der Waals surface area contributed by atoms with E-state index in [0.717, 1.165) is 30.9 Å². The van der Waals surface area contributed by atoms with Gasteiger partial charge in [0.25, 0.3) is 0 Å². The summed E-state index contributed by atoms with van der Waals surface area (Å²) in [5, 5.41) is 3.57. The van der Waals surface area contributed by atoms with E-state index < -0.39 is 0 Å². The zero-order valence-corrected chi connectivity index (χ0v) is 11.9. The highest BCUT2D eigenvalue weighted by molar-refractivity contribution is 5.41. The summed E-state index contributed by atoms with van der Waals surface area (Å²) >= 11 is 0. The summed E-state index contributed by atoms with van der Waals surface area (Å²) in [4.78, 5) is 7.00. The average Bonchev–Trinajstić information content (AvgIpc) is 3.20. The second kappa shape index (κ2) is 5.91. The predicted octanol–water partition coefficient (Wildman–Crippen LogP) is 2.96. The fourth-order valence-corrected chi connectivity index (χ4v) is 2.66. The second-order valence-electron chi connectivity index (χ2n) is 6.01. The van der Waals surface area contributed by atoms with Gasteiger partial charge in [0.2, 0.25) is 0 Å². The molecule has 3 nitrogen and oxygen atoms in total. The minimum absolute atomic E-state index is 0.772. The second-order valence-corrected chi connectivity index (χ2v) is 6.01. The minimum atomic E-state index is 0.772. The molecule has 1 aromatic heterocycles. The van der Waals surface area contributed by atoms with Gasteiger partial charge in [-0.15, -0.1) is 0 Å². The highest BCUT2D eigenvalue weighted by Crippen LogP contribution is 2.28. The standard InChI is InChI=1S/C16H25N3/c1-2-19(12-13-4-3-5-13)16-10-14(8-9-17-16)11-18-15-6-7-15/h8-10,13,15,18H,2-7,11-12H2,1H3.